The van der Waals surface area contributed by atoms with Gasteiger partial charge in [-0.2, -0.15) is 4.98 Å². The van der Waals surface area contributed by atoms with Gasteiger partial charge < -0.3 is 14.7 Å². The van der Waals surface area contributed by atoms with E-state index in [1.54, 1.807) is 12.1 Å². The summed E-state index contributed by atoms with van der Waals surface area (Å²) in [4.78, 5) is 18.7. The van der Waals surface area contributed by atoms with Crippen molar-refractivity contribution in [1.29, 1.82) is 0 Å². The van der Waals surface area contributed by atoms with Crippen molar-refractivity contribution in [2.45, 2.75) is 31.6 Å². The summed E-state index contributed by atoms with van der Waals surface area (Å²) in [5.41, 5.74) is 0.717. The van der Waals surface area contributed by atoms with Crippen molar-refractivity contribution in [2.24, 2.45) is 5.92 Å². The highest BCUT2D eigenvalue weighted by Gasteiger charge is 2.29. The van der Waals surface area contributed by atoms with Gasteiger partial charge in [0.25, 0.3) is 0 Å². The first-order valence-electron chi connectivity index (χ1n) is 9.27. The smallest absolute Gasteiger partial charge is 0.236 e. The van der Waals surface area contributed by atoms with Crippen LogP contribution in [0, 0.1) is 11.7 Å². The molecule has 1 saturated carbocycles. The number of carbonyl (C=O) groups is 1. The summed E-state index contributed by atoms with van der Waals surface area (Å²) in [6.07, 6.45) is 4.40. The van der Waals surface area contributed by atoms with Gasteiger partial charge in [0.05, 0.1) is 12.5 Å². The van der Waals surface area contributed by atoms with E-state index < -0.39 is 0 Å². The van der Waals surface area contributed by atoms with Gasteiger partial charge in [-0.25, -0.2) is 4.39 Å². The molecule has 2 heterocycles. The van der Waals surface area contributed by atoms with Crippen LogP contribution in [-0.2, 0) is 4.79 Å². The molecule has 2 aliphatic rings. The number of halogens is 2. The second-order valence-corrected chi connectivity index (χ2v) is 7.22. The topological polar surface area (TPSA) is 71.3 Å². The van der Waals surface area contributed by atoms with Crippen molar-refractivity contribution in [2.75, 3.05) is 26.2 Å². The highest BCUT2D eigenvalue weighted by molar-refractivity contribution is 5.85. The quantitative estimate of drug-likeness (QED) is 0.815. The first-order valence-corrected chi connectivity index (χ1v) is 9.27. The molecule has 4 rings (SSSR count). The van der Waals surface area contributed by atoms with E-state index in [1.807, 2.05) is 4.90 Å². The number of benzene rings is 1. The van der Waals surface area contributed by atoms with Crippen molar-refractivity contribution in [3.8, 4) is 11.4 Å². The monoisotopic (exact) mass is 394 g/mol. The molecule has 6 nitrogen and oxygen atoms in total. The minimum Gasteiger partial charge on any atom is -0.341 e. The first kappa shape index (κ1) is 19.8. The van der Waals surface area contributed by atoms with Crippen LogP contribution in [0.15, 0.2) is 28.8 Å². The maximum absolute atomic E-state index is 13.0. The van der Waals surface area contributed by atoms with Crippen LogP contribution >= 0.6 is 12.4 Å². The highest BCUT2D eigenvalue weighted by Crippen LogP contribution is 2.28. The van der Waals surface area contributed by atoms with E-state index in [0.717, 1.165) is 37.4 Å². The molecule has 1 atom stereocenters. The van der Waals surface area contributed by atoms with Gasteiger partial charge in [0.2, 0.25) is 17.6 Å². The van der Waals surface area contributed by atoms with E-state index in [1.165, 1.54) is 25.0 Å². The second kappa shape index (κ2) is 8.80. The number of nitrogens with one attached hydrogen (secondary N) is 1. The van der Waals surface area contributed by atoms with Gasteiger partial charge in [-0.3, -0.25) is 4.79 Å². The van der Waals surface area contributed by atoms with Gasteiger partial charge in [-0.15, -0.1) is 12.4 Å². The van der Waals surface area contributed by atoms with Crippen LogP contribution in [0.3, 0.4) is 0 Å². The number of nitrogens with zero attached hydrogens (tertiary/aromatic N) is 3. The van der Waals surface area contributed by atoms with Crippen molar-refractivity contribution < 1.29 is 13.7 Å². The van der Waals surface area contributed by atoms with Crippen LogP contribution < -0.4 is 5.32 Å². The van der Waals surface area contributed by atoms with Gasteiger partial charge in [-0.1, -0.05) is 5.16 Å². The Bertz CT molecular complexity index is 763. The van der Waals surface area contributed by atoms with E-state index in [2.05, 4.69) is 15.5 Å². The minimum atomic E-state index is -0.297. The summed E-state index contributed by atoms with van der Waals surface area (Å²) in [7, 11) is 0. The van der Waals surface area contributed by atoms with Crippen LogP contribution in [0.2, 0.25) is 0 Å². The zero-order valence-corrected chi connectivity index (χ0v) is 15.9. The molecule has 1 aromatic heterocycles. The van der Waals surface area contributed by atoms with Crippen molar-refractivity contribution >= 4 is 18.3 Å². The molecule has 0 bridgehead atoms. The Morgan fingerprint density at radius 2 is 2.04 bits per heavy atom. The zero-order chi connectivity index (χ0) is 17.9. The lowest BCUT2D eigenvalue weighted by atomic mass is 9.98. The molecule has 1 saturated heterocycles. The minimum absolute atomic E-state index is 0. The fourth-order valence-corrected chi connectivity index (χ4v) is 3.34. The molecule has 27 heavy (non-hydrogen) atoms. The summed E-state index contributed by atoms with van der Waals surface area (Å²) in [6.45, 7) is 2.72. The first-order chi connectivity index (χ1) is 12.7. The van der Waals surface area contributed by atoms with E-state index in [0.29, 0.717) is 24.8 Å². The standard InChI is InChI=1S/C19H23FN4O2.ClH/c20-16-7-5-14(6-8-16)18-22-19(26-23-18)15-2-1-9-24(12-15)17(25)11-21-10-13-3-4-13;/h5-8,13,15,21H,1-4,9-12H2;1H. The Morgan fingerprint density at radius 3 is 2.78 bits per heavy atom. The molecule has 2 aromatic rings. The molecule has 8 heteroatoms. The van der Waals surface area contributed by atoms with Crippen LogP contribution in [-0.4, -0.2) is 47.1 Å². The lowest BCUT2D eigenvalue weighted by Gasteiger charge is -2.31. The molecule has 1 aliphatic heterocycles. The molecule has 1 aromatic carbocycles. The molecule has 1 amide bonds. The summed E-state index contributed by atoms with van der Waals surface area (Å²) >= 11 is 0. The van der Waals surface area contributed by atoms with Crippen LogP contribution in [0.1, 0.15) is 37.5 Å². The predicted octanol–water partition coefficient (Wildman–Crippen LogP) is 3.00. The summed E-state index contributed by atoms with van der Waals surface area (Å²) in [5.74, 6) is 1.66. The maximum Gasteiger partial charge on any atom is 0.236 e. The van der Waals surface area contributed by atoms with Crippen LogP contribution in [0.4, 0.5) is 4.39 Å². The molecule has 0 radical (unpaired) electrons. The molecule has 2 fully saturated rings. The van der Waals surface area contributed by atoms with Gasteiger partial charge in [0.1, 0.15) is 5.82 Å². The van der Waals surface area contributed by atoms with Crippen LogP contribution in [0.5, 0.6) is 0 Å². The average molecular weight is 395 g/mol. The van der Waals surface area contributed by atoms with Crippen molar-refractivity contribution in [3.05, 3.63) is 36.0 Å². The highest BCUT2D eigenvalue weighted by atomic mass is 35.5. The molecular weight excluding hydrogens is 371 g/mol. The number of carbonyl (C=O) groups excluding carboxylic acids is 1. The molecule has 1 N–H and O–H groups in total. The van der Waals surface area contributed by atoms with Gasteiger partial charge >= 0.3 is 0 Å². The number of likely N-dealkylation sites (tertiary alicyclic amines) is 1. The third kappa shape index (κ3) is 5.05. The van der Waals surface area contributed by atoms with E-state index in [4.69, 9.17) is 4.52 Å². The van der Waals surface area contributed by atoms with E-state index in [-0.39, 0.29) is 30.0 Å². The summed E-state index contributed by atoms with van der Waals surface area (Å²) in [5, 5.41) is 7.27. The Balaban J connectivity index is 0.00000210. The van der Waals surface area contributed by atoms with Gasteiger partial charge in [-0.05, 0) is 62.4 Å². The van der Waals surface area contributed by atoms with Crippen molar-refractivity contribution in [3.63, 3.8) is 0 Å². The predicted molar refractivity (Wildman–Crippen MR) is 101 cm³/mol. The Labute approximate surface area is 163 Å². The fourth-order valence-electron chi connectivity index (χ4n) is 3.34. The molecule has 146 valence electrons. The van der Waals surface area contributed by atoms with Crippen LogP contribution in [0.25, 0.3) is 11.4 Å². The fraction of sp³-hybridized carbons (Fsp3) is 0.526. The SMILES string of the molecule is Cl.O=C(CNCC1CC1)N1CCCC(c2nc(-c3ccc(F)cc3)no2)C1. The van der Waals surface area contributed by atoms with E-state index >= 15 is 0 Å². The van der Waals surface area contributed by atoms with Crippen molar-refractivity contribution in [1.82, 2.24) is 20.4 Å². The van der Waals surface area contributed by atoms with Gasteiger partial charge in [0, 0.05) is 18.7 Å². The molecule has 1 aliphatic carbocycles. The summed E-state index contributed by atoms with van der Waals surface area (Å²) < 4.78 is 18.5. The number of aromatic nitrogens is 2. The molecule has 1 unspecified atom stereocenters. The van der Waals surface area contributed by atoms with E-state index in [9.17, 15) is 9.18 Å². The third-order valence-electron chi connectivity index (χ3n) is 5.07. The molecule has 0 spiro atoms. The van der Waals surface area contributed by atoms with Gasteiger partial charge in [0.15, 0.2) is 0 Å². The number of hydrogen-bond donors (Lipinski definition) is 1. The number of hydrogen-bond acceptors (Lipinski definition) is 5. The average Bonchev–Trinajstić information content (AvgIpc) is 3.36. The molecular formula is C19H24ClFN4O2. The Kier molecular flexibility index (Phi) is 6.44. The Hall–Kier alpha value is -1.99. The number of amides is 1. The lowest BCUT2D eigenvalue weighted by Crippen LogP contribution is -2.43. The second-order valence-electron chi connectivity index (χ2n) is 7.22. The number of piperidine rings is 1. The normalized spacial score (nSPS) is 19.6. The summed E-state index contributed by atoms with van der Waals surface area (Å²) in [6, 6.07) is 6.01. The zero-order valence-electron chi connectivity index (χ0n) is 15.1. The third-order valence-corrected chi connectivity index (χ3v) is 5.07. The largest absolute Gasteiger partial charge is 0.341 e. The Morgan fingerprint density at radius 1 is 1.26 bits per heavy atom. The number of rotatable bonds is 6. The maximum atomic E-state index is 13.0. The lowest BCUT2D eigenvalue weighted by molar-refractivity contribution is -0.131.